The minimum Gasteiger partial charge on any atom is -0.311 e. The normalized spacial score (nSPS) is 14.1. The zero-order chi connectivity index (χ0) is 39.2. The summed E-state index contributed by atoms with van der Waals surface area (Å²) in [6.07, 6.45) is 3.18. The van der Waals surface area contributed by atoms with E-state index in [0.29, 0.717) is 5.82 Å². The van der Waals surface area contributed by atoms with Crippen LogP contribution in [0.25, 0.3) is 11.4 Å². The van der Waals surface area contributed by atoms with E-state index in [0.717, 1.165) is 28.3 Å². The van der Waals surface area contributed by atoms with Crippen LogP contribution in [0.3, 0.4) is 0 Å². The Morgan fingerprint density at radius 3 is 1.15 bits per heavy atom. The smallest absolute Gasteiger partial charge is 0.252 e. The molecule has 0 saturated heterocycles. The number of aromatic nitrogens is 3. The Balaban J connectivity index is 1.50. The molecule has 0 saturated carbocycles. The molecule has 8 rings (SSSR count). The molecule has 0 aliphatic carbocycles. The van der Waals surface area contributed by atoms with Crippen LogP contribution in [0.4, 0.5) is 34.1 Å². The predicted molar refractivity (Wildman–Crippen MR) is 234 cm³/mol. The summed E-state index contributed by atoms with van der Waals surface area (Å²) in [5.74, 6) is 0.652. The fraction of sp³-hybridized carbons (Fsp3) is 0.327. The number of fused-ring (bicyclic) bond motifs is 4. The van der Waals surface area contributed by atoms with Crippen molar-refractivity contribution < 1.29 is 0 Å². The molecule has 1 aromatic heterocycles. The average molecular weight is 724 g/mol. The molecule has 6 aromatic rings. The molecule has 2 aliphatic heterocycles. The van der Waals surface area contributed by atoms with Gasteiger partial charge in [0.05, 0.1) is 0 Å². The van der Waals surface area contributed by atoms with Crippen LogP contribution in [0.5, 0.6) is 0 Å². The molecule has 6 heteroatoms. The number of benzene rings is 5. The lowest BCUT2D eigenvalue weighted by Crippen LogP contribution is -2.61. The van der Waals surface area contributed by atoms with Crippen molar-refractivity contribution in [3.8, 4) is 11.4 Å². The van der Waals surface area contributed by atoms with Crippen molar-refractivity contribution in [3.05, 3.63) is 132 Å². The Bertz CT molecular complexity index is 2260. The molecule has 278 valence electrons. The summed E-state index contributed by atoms with van der Waals surface area (Å²) in [5, 5.41) is 0. The lowest BCUT2D eigenvalue weighted by molar-refractivity contribution is 0.590. The topological polar surface area (TPSA) is 45.2 Å². The molecule has 0 atom stereocenters. The van der Waals surface area contributed by atoms with E-state index in [1.54, 1.807) is 12.7 Å². The number of anilines is 6. The second-order valence-electron chi connectivity index (χ2n) is 19.6. The summed E-state index contributed by atoms with van der Waals surface area (Å²) in [5.41, 5.74) is 17.1. The first kappa shape index (κ1) is 36.7. The number of hydrogen-bond donors (Lipinski definition) is 0. The van der Waals surface area contributed by atoms with Gasteiger partial charge in [0, 0.05) is 39.7 Å². The van der Waals surface area contributed by atoms with Gasteiger partial charge in [-0.3, -0.25) is 0 Å². The lowest BCUT2D eigenvalue weighted by Gasteiger charge is -2.45. The fourth-order valence-electron chi connectivity index (χ4n) is 8.23. The third-order valence-electron chi connectivity index (χ3n) is 11.5. The van der Waals surface area contributed by atoms with Crippen molar-refractivity contribution >= 4 is 57.2 Å². The molecule has 0 spiro atoms. The van der Waals surface area contributed by atoms with Crippen molar-refractivity contribution in [2.75, 3.05) is 9.80 Å². The summed E-state index contributed by atoms with van der Waals surface area (Å²) in [4.78, 5) is 18.5. The Morgan fingerprint density at radius 1 is 0.418 bits per heavy atom. The van der Waals surface area contributed by atoms with Gasteiger partial charge in [-0.25, -0.2) is 15.0 Å². The Morgan fingerprint density at radius 2 is 0.782 bits per heavy atom. The SMILES string of the molecule is CC(C)(C)c1ccc(N2c3ccc(C(C)(C)C)cc3B3c4cc(C(C)(C)C)ccc4N(c4ccc(C(C)(C)C)cc4)c4cc(-c5ncncn5)cc2c43)cc1. The summed E-state index contributed by atoms with van der Waals surface area (Å²) in [6.45, 7) is 27.5. The van der Waals surface area contributed by atoms with Gasteiger partial charge in [-0.2, -0.15) is 0 Å². The van der Waals surface area contributed by atoms with Crippen molar-refractivity contribution in [1.29, 1.82) is 0 Å². The minimum atomic E-state index is -0.0224. The van der Waals surface area contributed by atoms with Gasteiger partial charge >= 0.3 is 0 Å². The van der Waals surface area contributed by atoms with Gasteiger partial charge in [0.2, 0.25) is 0 Å². The van der Waals surface area contributed by atoms with Gasteiger partial charge in [0.25, 0.3) is 6.71 Å². The predicted octanol–water partition coefficient (Wildman–Crippen LogP) is 10.8. The van der Waals surface area contributed by atoms with E-state index in [1.807, 2.05) is 0 Å². The first-order valence-electron chi connectivity index (χ1n) is 19.7. The maximum Gasteiger partial charge on any atom is 0.252 e. The van der Waals surface area contributed by atoms with Crippen LogP contribution in [-0.2, 0) is 21.7 Å². The number of hydrogen-bond acceptors (Lipinski definition) is 5. The lowest BCUT2D eigenvalue weighted by atomic mass is 9.33. The molecular formula is C49H54BN5. The van der Waals surface area contributed by atoms with E-state index >= 15 is 0 Å². The Kier molecular flexibility index (Phi) is 8.46. The highest BCUT2D eigenvalue weighted by Crippen LogP contribution is 2.47. The van der Waals surface area contributed by atoms with Crippen molar-refractivity contribution in [3.63, 3.8) is 0 Å². The Labute approximate surface area is 329 Å². The number of rotatable bonds is 3. The maximum absolute atomic E-state index is 4.69. The van der Waals surface area contributed by atoms with E-state index in [9.17, 15) is 0 Å². The Hall–Kier alpha value is -5.23. The molecule has 2 aliphatic rings. The molecule has 0 bridgehead atoms. The van der Waals surface area contributed by atoms with E-state index in [4.69, 9.17) is 0 Å². The first-order valence-corrected chi connectivity index (χ1v) is 19.7. The molecule has 0 N–H and O–H groups in total. The second kappa shape index (κ2) is 12.7. The van der Waals surface area contributed by atoms with Crippen molar-refractivity contribution in [2.45, 2.75) is 105 Å². The van der Waals surface area contributed by atoms with E-state index in [2.05, 4.69) is 205 Å². The quantitative estimate of drug-likeness (QED) is 0.170. The molecule has 0 fully saturated rings. The van der Waals surface area contributed by atoms with Crippen LogP contribution in [0, 0.1) is 0 Å². The van der Waals surface area contributed by atoms with Crippen LogP contribution in [0.2, 0.25) is 0 Å². The molecule has 3 heterocycles. The molecule has 0 unspecified atom stereocenters. The van der Waals surface area contributed by atoms with Crippen LogP contribution < -0.4 is 26.2 Å². The largest absolute Gasteiger partial charge is 0.311 e. The summed E-state index contributed by atoms with van der Waals surface area (Å²) in [6, 6.07) is 37.3. The first-order chi connectivity index (χ1) is 25.8. The van der Waals surface area contributed by atoms with Gasteiger partial charge in [0.1, 0.15) is 12.7 Å². The average Bonchev–Trinajstić information content (AvgIpc) is 3.13. The highest BCUT2D eigenvalue weighted by Gasteiger charge is 2.44. The third-order valence-corrected chi connectivity index (χ3v) is 11.5. The number of nitrogens with zero attached hydrogens (tertiary/aromatic N) is 5. The van der Waals surface area contributed by atoms with E-state index < -0.39 is 0 Å². The van der Waals surface area contributed by atoms with Crippen LogP contribution in [0.15, 0.2) is 110 Å². The van der Waals surface area contributed by atoms with E-state index in [1.165, 1.54) is 50.0 Å². The van der Waals surface area contributed by atoms with Gasteiger partial charge in [-0.05, 0) is 109 Å². The molecule has 0 amide bonds. The summed E-state index contributed by atoms with van der Waals surface area (Å²) in [7, 11) is 0. The van der Waals surface area contributed by atoms with Crippen molar-refractivity contribution in [2.24, 2.45) is 0 Å². The monoisotopic (exact) mass is 723 g/mol. The van der Waals surface area contributed by atoms with Gasteiger partial charge < -0.3 is 9.80 Å². The minimum absolute atomic E-state index is 0.00204. The third kappa shape index (κ3) is 6.44. The summed E-state index contributed by atoms with van der Waals surface area (Å²) >= 11 is 0. The standard InChI is InChI=1S/C49H54BN5/c1-46(2,3)32-13-19-36(20-14-32)54-40-23-17-34(48(7,8)9)27-38(40)50-39-28-35(49(10,11)12)18-24-41(39)55(37-21-15-33(16-22-37)47(4,5)6)43-26-31(25-42(54)44(43)50)45-52-29-51-30-53-45/h13-30H,1-12H3. The van der Waals surface area contributed by atoms with Crippen LogP contribution in [-0.4, -0.2) is 21.7 Å². The van der Waals surface area contributed by atoms with Gasteiger partial charge in [-0.1, -0.05) is 132 Å². The molecular weight excluding hydrogens is 669 g/mol. The van der Waals surface area contributed by atoms with Crippen LogP contribution in [0.1, 0.15) is 105 Å². The van der Waals surface area contributed by atoms with Gasteiger partial charge in [-0.15, -0.1) is 0 Å². The zero-order valence-electron chi connectivity index (χ0n) is 34.7. The molecule has 5 aromatic carbocycles. The molecule has 5 nitrogen and oxygen atoms in total. The van der Waals surface area contributed by atoms with E-state index in [-0.39, 0.29) is 28.4 Å². The van der Waals surface area contributed by atoms with Gasteiger partial charge in [0.15, 0.2) is 5.82 Å². The highest BCUT2D eigenvalue weighted by atomic mass is 15.2. The highest BCUT2D eigenvalue weighted by molar-refractivity contribution is 7.00. The van der Waals surface area contributed by atoms with Crippen LogP contribution >= 0.6 is 0 Å². The van der Waals surface area contributed by atoms with Crippen molar-refractivity contribution in [1.82, 2.24) is 15.0 Å². The maximum atomic E-state index is 4.69. The molecule has 0 radical (unpaired) electrons. The zero-order valence-corrected chi connectivity index (χ0v) is 34.7. The summed E-state index contributed by atoms with van der Waals surface area (Å²) < 4.78 is 0. The second-order valence-corrected chi connectivity index (χ2v) is 19.6. The fourth-order valence-corrected chi connectivity index (χ4v) is 8.23. The molecule has 55 heavy (non-hydrogen) atoms.